The fourth-order valence-corrected chi connectivity index (χ4v) is 2.48. The van der Waals surface area contributed by atoms with E-state index in [1.165, 1.54) is 5.56 Å². The molecule has 2 heterocycles. The zero-order chi connectivity index (χ0) is 13.8. The Morgan fingerprint density at radius 2 is 1.68 bits per heavy atom. The molecule has 1 unspecified atom stereocenters. The van der Waals surface area contributed by atoms with Crippen LogP contribution < -0.4 is 5.32 Å². The summed E-state index contributed by atoms with van der Waals surface area (Å²) in [5.74, 6) is 1.19. The van der Waals surface area contributed by atoms with Crippen LogP contribution in [0.1, 0.15) is 29.8 Å². The molecule has 100 valence electrons. The highest BCUT2D eigenvalue weighted by Crippen LogP contribution is 2.23. The standard InChI is InChI=1S/C15H20N4/c1-10(9-16-4)14-11(2)18-15(19-12(14)3)13-5-7-17-8-6-13/h5-8,10,16H,9H2,1-4H3. The average Bonchev–Trinajstić information content (AvgIpc) is 2.39. The molecule has 2 aromatic rings. The molecular weight excluding hydrogens is 236 g/mol. The van der Waals surface area contributed by atoms with Crippen molar-refractivity contribution in [3.8, 4) is 11.4 Å². The Hall–Kier alpha value is -1.81. The highest BCUT2D eigenvalue weighted by molar-refractivity contribution is 5.54. The van der Waals surface area contributed by atoms with Gasteiger partial charge in [0.05, 0.1) is 0 Å². The lowest BCUT2D eigenvalue weighted by molar-refractivity contribution is 0.663. The molecule has 0 aliphatic rings. The third-order valence-electron chi connectivity index (χ3n) is 3.27. The van der Waals surface area contributed by atoms with Gasteiger partial charge in [-0.15, -0.1) is 0 Å². The second-order valence-corrected chi connectivity index (χ2v) is 4.83. The molecule has 0 radical (unpaired) electrons. The second kappa shape index (κ2) is 5.89. The number of hydrogen-bond acceptors (Lipinski definition) is 4. The Labute approximate surface area is 114 Å². The first-order valence-corrected chi connectivity index (χ1v) is 6.53. The van der Waals surface area contributed by atoms with Crippen LogP contribution in [0.25, 0.3) is 11.4 Å². The van der Waals surface area contributed by atoms with Crippen molar-refractivity contribution >= 4 is 0 Å². The number of rotatable bonds is 4. The van der Waals surface area contributed by atoms with E-state index in [4.69, 9.17) is 0 Å². The summed E-state index contributed by atoms with van der Waals surface area (Å²) in [7, 11) is 1.97. The number of nitrogens with one attached hydrogen (secondary N) is 1. The summed E-state index contributed by atoms with van der Waals surface area (Å²) in [6, 6.07) is 3.87. The molecule has 0 amide bonds. The van der Waals surface area contributed by atoms with Gasteiger partial charge in [0, 0.05) is 35.9 Å². The first kappa shape index (κ1) is 13.6. The van der Waals surface area contributed by atoms with Crippen LogP contribution in [0, 0.1) is 13.8 Å². The molecule has 2 aromatic heterocycles. The second-order valence-electron chi connectivity index (χ2n) is 4.83. The smallest absolute Gasteiger partial charge is 0.159 e. The molecule has 1 N–H and O–H groups in total. The van der Waals surface area contributed by atoms with Crippen LogP contribution in [0.4, 0.5) is 0 Å². The molecule has 0 aliphatic heterocycles. The van der Waals surface area contributed by atoms with Gasteiger partial charge in [-0.05, 0) is 44.5 Å². The molecule has 4 heteroatoms. The molecule has 0 aromatic carbocycles. The van der Waals surface area contributed by atoms with E-state index in [0.29, 0.717) is 5.92 Å². The number of pyridine rings is 1. The number of aryl methyl sites for hydroxylation is 2. The third kappa shape index (κ3) is 2.96. The Bertz CT molecular complexity index is 528. The fraction of sp³-hybridized carbons (Fsp3) is 0.400. The lowest BCUT2D eigenvalue weighted by Gasteiger charge is -2.17. The molecule has 2 rings (SSSR count). The summed E-state index contributed by atoms with van der Waals surface area (Å²) >= 11 is 0. The van der Waals surface area contributed by atoms with Gasteiger partial charge in [0.25, 0.3) is 0 Å². The van der Waals surface area contributed by atoms with E-state index in [1.807, 2.05) is 19.2 Å². The van der Waals surface area contributed by atoms with E-state index in [-0.39, 0.29) is 0 Å². The van der Waals surface area contributed by atoms with Crippen LogP contribution in [0.5, 0.6) is 0 Å². The maximum absolute atomic E-state index is 4.64. The molecule has 19 heavy (non-hydrogen) atoms. The lowest BCUT2D eigenvalue weighted by atomic mass is 9.98. The van der Waals surface area contributed by atoms with Crippen LogP contribution in [0.15, 0.2) is 24.5 Å². The summed E-state index contributed by atoms with van der Waals surface area (Å²) in [5.41, 5.74) is 4.37. The van der Waals surface area contributed by atoms with Crippen LogP contribution in [0.3, 0.4) is 0 Å². The molecule has 1 atom stereocenters. The highest BCUT2D eigenvalue weighted by atomic mass is 14.9. The van der Waals surface area contributed by atoms with Crippen molar-refractivity contribution in [2.24, 2.45) is 0 Å². The van der Waals surface area contributed by atoms with Crippen LogP contribution in [-0.4, -0.2) is 28.5 Å². The van der Waals surface area contributed by atoms with Crippen LogP contribution in [-0.2, 0) is 0 Å². The topological polar surface area (TPSA) is 50.7 Å². The SMILES string of the molecule is CNCC(C)c1c(C)nc(-c2ccncc2)nc1C. The molecule has 0 bridgehead atoms. The molecule has 0 saturated heterocycles. The van der Waals surface area contributed by atoms with Gasteiger partial charge in [-0.1, -0.05) is 6.92 Å². The molecule has 4 nitrogen and oxygen atoms in total. The first-order chi connectivity index (χ1) is 9.13. The van der Waals surface area contributed by atoms with Crippen molar-refractivity contribution in [3.63, 3.8) is 0 Å². The molecular formula is C15H20N4. The predicted molar refractivity (Wildman–Crippen MR) is 77.1 cm³/mol. The highest BCUT2D eigenvalue weighted by Gasteiger charge is 2.15. The van der Waals surface area contributed by atoms with E-state index in [9.17, 15) is 0 Å². The van der Waals surface area contributed by atoms with E-state index in [1.54, 1.807) is 12.4 Å². The quantitative estimate of drug-likeness (QED) is 0.913. The van der Waals surface area contributed by atoms with Crippen molar-refractivity contribution < 1.29 is 0 Å². The normalized spacial score (nSPS) is 12.4. The monoisotopic (exact) mass is 256 g/mol. The minimum absolute atomic E-state index is 0.413. The van der Waals surface area contributed by atoms with Gasteiger partial charge in [-0.25, -0.2) is 9.97 Å². The van der Waals surface area contributed by atoms with E-state index >= 15 is 0 Å². The van der Waals surface area contributed by atoms with Crippen molar-refractivity contribution in [1.29, 1.82) is 0 Å². The fourth-order valence-electron chi connectivity index (χ4n) is 2.48. The van der Waals surface area contributed by atoms with Crippen LogP contribution in [0.2, 0.25) is 0 Å². The van der Waals surface area contributed by atoms with E-state index in [2.05, 4.69) is 41.0 Å². The lowest BCUT2D eigenvalue weighted by Crippen LogP contribution is -2.17. The van der Waals surface area contributed by atoms with Crippen molar-refractivity contribution in [2.45, 2.75) is 26.7 Å². The predicted octanol–water partition coefficient (Wildman–Crippen LogP) is 2.48. The average molecular weight is 256 g/mol. The van der Waals surface area contributed by atoms with Crippen molar-refractivity contribution in [1.82, 2.24) is 20.3 Å². The minimum Gasteiger partial charge on any atom is -0.319 e. The van der Waals surface area contributed by atoms with Gasteiger partial charge < -0.3 is 5.32 Å². The molecule has 0 aliphatic carbocycles. The molecule has 0 saturated carbocycles. The largest absolute Gasteiger partial charge is 0.319 e. The zero-order valence-corrected chi connectivity index (χ0v) is 11.9. The van der Waals surface area contributed by atoms with E-state index < -0.39 is 0 Å². The summed E-state index contributed by atoms with van der Waals surface area (Å²) in [4.78, 5) is 13.3. The third-order valence-corrected chi connectivity index (χ3v) is 3.27. The summed E-state index contributed by atoms with van der Waals surface area (Å²) in [6.45, 7) is 7.24. The molecule has 0 spiro atoms. The number of nitrogens with zero attached hydrogens (tertiary/aromatic N) is 3. The maximum Gasteiger partial charge on any atom is 0.159 e. The molecule has 0 fully saturated rings. The Balaban J connectivity index is 2.42. The zero-order valence-electron chi connectivity index (χ0n) is 11.9. The van der Waals surface area contributed by atoms with Gasteiger partial charge in [-0.3, -0.25) is 4.98 Å². The van der Waals surface area contributed by atoms with Gasteiger partial charge in [0.15, 0.2) is 5.82 Å². The van der Waals surface area contributed by atoms with Gasteiger partial charge in [0.1, 0.15) is 0 Å². The minimum atomic E-state index is 0.413. The maximum atomic E-state index is 4.64. The number of likely N-dealkylation sites (N-methyl/N-ethyl adjacent to an activating group) is 1. The van der Waals surface area contributed by atoms with Crippen LogP contribution >= 0.6 is 0 Å². The Morgan fingerprint density at radius 1 is 1.11 bits per heavy atom. The number of aromatic nitrogens is 3. The van der Waals surface area contributed by atoms with Gasteiger partial charge >= 0.3 is 0 Å². The van der Waals surface area contributed by atoms with Crippen molar-refractivity contribution in [2.75, 3.05) is 13.6 Å². The summed E-state index contributed by atoms with van der Waals surface area (Å²) < 4.78 is 0. The Morgan fingerprint density at radius 3 is 2.21 bits per heavy atom. The van der Waals surface area contributed by atoms with E-state index in [0.717, 1.165) is 29.3 Å². The van der Waals surface area contributed by atoms with Gasteiger partial charge in [-0.2, -0.15) is 0 Å². The summed E-state index contributed by atoms with van der Waals surface area (Å²) in [5, 5.41) is 3.20. The van der Waals surface area contributed by atoms with Gasteiger partial charge in [0.2, 0.25) is 0 Å². The summed E-state index contributed by atoms with van der Waals surface area (Å²) in [6.07, 6.45) is 3.53. The first-order valence-electron chi connectivity index (χ1n) is 6.53. The van der Waals surface area contributed by atoms with Crippen molar-refractivity contribution in [3.05, 3.63) is 41.5 Å². The Kier molecular flexibility index (Phi) is 4.22. The number of hydrogen-bond donors (Lipinski definition) is 1.